The lowest BCUT2D eigenvalue weighted by molar-refractivity contribution is -0.0591. The van der Waals surface area contributed by atoms with Crippen molar-refractivity contribution in [1.82, 2.24) is 14.5 Å². The maximum atomic E-state index is 15.0. The number of esters is 1. The number of halogens is 4. The van der Waals surface area contributed by atoms with E-state index in [1.165, 1.54) is 18.2 Å². The zero-order chi connectivity index (χ0) is 32.6. The first-order chi connectivity index (χ1) is 21.9. The highest BCUT2D eigenvalue weighted by molar-refractivity contribution is 6.30. The smallest absolute Gasteiger partial charge is 0.338 e. The first-order valence-corrected chi connectivity index (χ1v) is 15.6. The van der Waals surface area contributed by atoms with E-state index in [0.29, 0.717) is 38.2 Å². The molecule has 6 rings (SSSR count). The fourth-order valence-electron chi connectivity index (χ4n) is 5.57. The van der Waals surface area contributed by atoms with E-state index in [9.17, 15) is 18.0 Å². The predicted octanol–water partition coefficient (Wildman–Crippen LogP) is 7.72. The number of nitrogens with zero attached hydrogens (tertiary/aromatic N) is 3. The molecule has 11 heteroatoms. The van der Waals surface area contributed by atoms with Crippen LogP contribution in [0.15, 0.2) is 54.6 Å². The van der Waals surface area contributed by atoms with Crippen LogP contribution in [0.2, 0.25) is 5.02 Å². The lowest BCUT2D eigenvalue weighted by Gasteiger charge is -2.29. The Bertz CT molecular complexity index is 1810. The van der Waals surface area contributed by atoms with Gasteiger partial charge < -0.3 is 18.8 Å². The molecule has 242 valence electrons. The Hall–Kier alpha value is -3.86. The summed E-state index contributed by atoms with van der Waals surface area (Å²) in [5.74, 6) is -1.84. The molecule has 1 aromatic heterocycles. The quantitative estimate of drug-likeness (QED) is 0.172. The van der Waals surface area contributed by atoms with Crippen molar-refractivity contribution in [2.75, 3.05) is 19.7 Å². The standard InChI is InChI=1S/C35H35ClF3N3O4/c1-35(2,3)46-34(43)22-5-7-30-31(14-22)42(18-25-10-13-44-25)33(40-30)19-41-11-8-21(9-12-41)26-16-32(29(39)17-28(26)38)45-20-23-4-6-24(36)15-27(23)37/h4-8,14-17,25H,9-13,18-20H2,1-3H3/t25-/m0/s1. The molecule has 3 aromatic carbocycles. The van der Waals surface area contributed by atoms with Gasteiger partial charge in [-0.2, -0.15) is 0 Å². The van der Waals surface area contributed by atoms with E-state index in [4.69, 9.17) is 30.8 Å². The molecule has 1 atom stereocenters. The Kier molecular flexibility index (Phi) is 9.14. The summed E-state index contributed by atoms with van der Waals surface area (Å²) in [4.78, 5) is 19.9. The molecule has 0 spiro atoms. The minimum Gasteiger partial charge on any atom is -0.486 e. The topological polar surface area (TPSA) is 65.8 Å². The van der Waals surface area contributed by atoms with Crippen molar-refractivity contribution in [2.45, 2.75) is 65.0 Å². The largest absolute Gasteiger partial charge is 0.486 e. The van der Waals surface area contributed by atoms with Gasteiger partial charge in [0, 0.05) is 41.9 Å². The van der Waals surface area contributed by atoms with Crippen molar-refractivity contribution in [3.05, 3.63) is 99.6 Å². The van der Waals surface area contributed by atoms with Crippen LogP contribution in [-0.2, 0) is 29.2 Å². The molecule has 7 nitrogen and oxygen atoms in total. The summed E-state index contributed by atoms with van der Waals surface area (Å²) >= 11 is 5.81. The normalized spacial score (nSPS) is 17.1. The number of ether oxygens (including phenoxy) is 3. The maximum absolute atomic E-state index is 15.0. The molecule has 3 heterocycles. The third-order valence-corrected chi connectivity index (χ3v) is 8.30. The minimum atomic E-state index is -0.863. The molecular formula is C35H35ClF3N3O4. The molecule has 0 N–H and O–H groups in total. The third-order valence-electron chi connectivity index (χ3n) is 8.07. The Morgan fingerprint density at radius 2 is 1.87 bits per heavy atom. The van der Waals surface area contributed by atoms with Gasteiger partial charge in [0.05, 0.1) is 35.8 Å². The number of benzene rings is 3. The van der Waals surface area contributed by atoms with E-state index in [2.05, 4.69) is 9.47 Å². The fourth-order valence-corrected chi connectivity index (χ4v) is 5.73. The van der Waals surface area contributed by atoms with E-state index in [1.807, 2.05) is 39.0 Å². The van der Waals surface area contributed by atoms with Crippen LogP contribution in [0.4, 0.5) is 13.2 Å². The van der Waals surface area contributed by atoms with Gasteiger partial charge in [0.2, 0.25) is 0 Å². The Morgan fingerprint density at radius 3 is 2.54 bits per heavy atom. The van der Waals surface area contributed by atoms with Crippen LogP contribution in [0.3, 0.4) is 0 Å². The van der Waals surface area contributed by atoms with Crippen LogP contribution >= 0.6 is 11.6 Å². The maximum Gasteiger partial charge on any atom is 0.338 e. The van der Waals surface area contributed by atoms with Gasteiger partial charge >= 0.3 is 5.97 Å². The van der Waals surface area contributed by atoms with Crippen molar-refractivity contribution < 1.29 is 32.2 Å². The highest BCUT2D eigenvalue weighted by Crippen LogP contribution is 2.32. The van der Waals surface area contributed by atoms with Crippen molar-refractivity contribution >= 4 is 34.2 Å². The molecule has 0 amide bonds. The monoisotopic (exact) mass is 653 g/mol. The van der Waals surface area contributed by atoms with Crippen LogP contribution in [0.1, 0.15) is 60.9 Å². The number of carbonyl (C=O) groups is 1. The van der Waals surface area contributed by atoms with Gasteiger partial charge in [-0.3, -0.25) is 4.90 Å². The van der Waals surface area contributed by atoms with Crippen molar-refractivity contribution in [1.29, 1.82) is 0 Å². The second kappa shape index (κ2) is 13.1. The van der Waals surface area contributed by atoms with Gasteiger partial charge in [0.1, 0.15) is 29.7 Å². The Balaban J connectivity index is 1.19. The van der Waals surface area contributed by atoms with E-state index in [-0.39, 0.29) is 34.6 Å². The first kappa shape index (κ1) is 32.1. The lowest BCUT2D eigenvalue weighted by Crippen LogP contribution is -2.33. The second-order valence-electron chi connectivity index (χ2n) is 12.6. The lowest BCUT2D eigenvalue weighted by atomic mass is 9.98. The molecule has 2 aliphatic rings. The second-order valence-corrected chi connectivity index (χ2v) is 13.1. The summed E-state index contributed by atoms with van der Waals surface area (Å²) in [5.41, 5.74) is 2.64. The van der Waals surface area contributed by atoms with Crippen molar-refractivity contribution in [3.63, 3.8) is 0 Å². The SMILES string of the molecule is CC(C)(C)OC(=O)c1ccc2nc(CN3CC=C(c4cc(OCc5ccc(Cl)cc5F)c(F)cc4F)CC3)n(C[C@@H]3CCO3)c2c1. The third kappa shape index (κ3) is 7.24. The highest BCUT2D eigenvalue weighted by Gasteiger charge is 2.26. The van der Waals surface area contributed by atoms with E-state index in [0.717, 1.165) is 47.6 Å². The molecule has 0 unspecified atom stereocenters. The summed E-state index contributed by atoms with van der Waals surface area (Å²) in [6, 6.07) is 11.7. The number of hydrogen-bond acceptors (Lipinski definition) is 6. The van der Waals surface area contributed by atoms with Crippen LogP contribution in [-0.4, -0.2) is 51.8 Å². The summed E-state index contributed by atoms with van der Waals surface area (Å²) in [6.45, 7) is 8.26. The molecule has 0 bridgehead atoms. The summed E-state index contributed by atoms with van der Waals surface area (Å²) < 4.78 is 62.7. The molecule has 46 heavy (non-hydrogen) atoms. The van der Waals surface area contributed by atoms with Crippen molar-refractivity contribution in [2.24, 2.45) is 0 Å². The zero-order valence-electron chi connectivity index (χ0n) is 25.9. The number of fused-ring (bicyclic) bond motifs is 1. The van der Waals surface area contributed by atoms with Crippen molar-refractivity contribution in [3.8, 4) is 5.75 Å². The molecular weight excluding hydrogens is 619 g/mol. The Labute approximate surface area is 270 Å². The molecule has 2 aliphatic heterocycles. The fraction of sp³-hybridized carbons (Fsp3) is 0.371. The molecule has 0 aliphatic carbocycles. The molecule has 1 fully saturated rings. The molecule has 0 radical (unpaired) electrons. The highest BCUT2D eigenvalue weighted by atomic mass is 35.5. The van der Waals surface area contributed by atoms with Gasteiger partial charge in [0.15, 0.2) is 11.6 Å². The number of hydrogen-bond donors (Lipinski definition) is 0. The van der Waals surface area contributed by atoms with Crippen LogP contribution in [0.25, 0.3) is 16.6 Å². The molecule has 0 saturated carbocycles. The van der Waals surface area contributed by atoms with Gasteiger partial charge in [-0.25, -0.2) is 22.9 Å². The van der Waals surface area contributed by atoms with E-state index in [1.54, 1.807) is 6.07 Å². The summed E-state index contributed by atoms with van der Waals surface area (Å²) in [5, 5.41) is 0.242. The molecule has 4 aromatic rings. The van der Waals surface area contributed by atoms with Crippen LogP contribution < -0.4 is 4.74 Å². The van der Waals surface area contributed by atoms with Crippen LogP contribution in [0.5, 0.6) is 5.75 Å². The van der Waals surface area contributed by atoms with E-state index < -0.39 is 29.0 Å². The summed E-state index contributed by atoms with van der Waals surface area (Å²) in [6.07, 6.45) is 3.46. The molecule has 1 saturated heterocycles. The number of imidazole rings is 1. The zero-order valence-corrected chi connectivity index (χ0v) is 26.7. The van der Waals surface area contributed by atoms with Gasteiger partial charge in [-0.05, 0) is 75.6 Å². The van der Waals surface area contributed by atoms with Gasteiger partial charge in [-0.1, -0.05) is 23.7 Å². The average Bonchev–Trinajstić information content (AvgIpc) is 3.30. The van der Waals surface area contributed by atoms with E-state index >= 15 is 0 Å². The first-order valence-electron chi connectivity index (χ1n) is 15.2. The minimum absolute atomic E-state index is 0.0724. The number of carbonyl (C=O) groups excluding carboxylic acids is 1. The summed E-state index contributed by atoms with van der Waals surface area (Å²) in [7, 11) is 0. The van der Waals surface area contributed by atoms with Gasteiger partial charge in [-0.15, -0.1) is 0 Å². The average molecular weight is 654 g/mol. The Morgan fingerprint density at radius 1 is 1.07 bits per heavy atom. The number of aromatic nitrogens is 2. The predicted molar refractivity (Wildman–Crippen MR) is 169 cm³/mol. The van der Waals surface area contributed by atoms with Crippen LogP contribution in [0, 0.1) is 17.5 Å². The number of rotatable bonds is 9. The van der Waals surface area contributed by atoms with Gasteiger partial charge in [0.25, 0.3) is 0 Å².